The van der Waals surface area contributed by atoms with Crippen molar-refractivity contribution < 1.29 is 4.74 Å². The normalized spacial score (nSPS) is 11.0. The zero-order chi connectivity index (χ0) is 13.0. The summed E-state index contributed by atoms with van der Waals surface area (Å²) >= 11 is 6.83. The van der Waals surface area contributed by atoms with Gasteiger partial charge in [0, 0.05) is 13.7 Å². The van der Waals surface area contributed by atoms with E-state index in [0.29, 0.717) is 11.4 Å². The number of thiazole rings is 1. The molecular weight excluding hydrogens is 268 g/mol. The van der Waals surface area contributed by atoms with Crippen molar-refractivity contribution >= 4 is 23.6 Å². The first-order chi connectivity index (χ1) is 8.77. The van der Waals surface area contributed by atoms with Crippen LogP contribution in [0.4, 0.5) is 0 Å². The number of ether oxygens (including phenoxy) is 1. The van der Waals surface area contributed by atoms with Crippen LogP contribution in [-0.2, 0) is 17.9 Å². The lowest BCUT2D eigenvalue weighted by Gasteiger charge is -2.05. The van der Waals surface area contributed by atoms with Crippen molar-refractivity contribution in [2.45, 2.75) is 32.9 Å². The molecule has 0 aliphatic rings. The highest BCUT2D eigenvalue weighted by atomic mass is 32.1. The van der Waals surface area contributed by atoms with Crippen molar-refractivity contribution in [1.29, 1.82) is 0 Å². The molecule has 0 spiro atoms. The second kappa shape index (κ2) is 6.21. The van der Waals surface area contributed by atoms with E-state index in [4.69, 9.17) is 17.0 Å². The maximum atomic E-state index is 5.27. The largest absolute Gasteiger partial charge is 0.378 e. The lowest BCUT2D eigenvalue weighted by Crippen LogP contribution is -2.01. The van der Waals surface area contributed by atoms with Crippen LogP contribution in [0.2, 0.25) is 0 Å². The number of hydrogen-bond donors (Lipinski definition) is 1. The van der Waals surface area contributed by atoms with Crippen LogP contribution in [0.1, 0.15) is 25.5 Å². The topological polar surface area (TPSA) is 55.7 Å². The highest BCUT2D eigenvalue weighted by Gasteiger charge is 2.15. The van der Waals surface area contributed by atoms with Crippen molar-refractivity contribution in [1.82, 2.24) is 19.7 Å². The monoisotopic (exact) mass is 284 g/mol. The summed E-state index contributed by atoms with van der Waals surface area (Å²) in [6.07, 6.45) is 2.21. The summed E-state index contributed by atoms with van der Waals surface area (Å²) < 4.78 is 7.84. The second-order valence-corrected chi connectivity index (χ2v) is 5.16. The smallest absolute Gasteiger partial charge is 0.195 e. The summed E-state index contributed by atoms with van der Waals surface area (Å²) in [4.78, 5) is 5.33. The summed E-state index contributed by atoms with van der Waals surface area (Å²) in [6, 6.07) is 0. The van der Waals surface area contributed by atoms with E-state index in [1.807, 2.05) is 10.1 Å². The Morgan fingerprint density at radius 3 is 3.11 bits per heavy atom. The quantitative estimate of drug-likeness (QED) is 0.828. The van der Waals surface area contributed by atoms with Gasteiger partial charge in [-0.1, -0.05) is 13.3 Å². The molecule has 18 heavy (non-hydrogen) atoms. The molecule has 1 N–H and O–H groups in total. The van der Waals surface area contributed by atoms with E-state index in [1.54, 1.807) is 18.4 Å². The molecule has 0 atom stereocenters. The lowest BCUT2D eigenvalue weighted by atomic mass is 10.3. The van der Waals surface area contributed by atoms with Crippen LogP contribution in [0.5, 0.6) is 0 Å². The van der Waals surface area contributed by atoms with E-state index in [9.17, 15) is 0 Å². The van der Waals surface area contributed by atoms with Crippen molar-refractivity contribution in [3.63, 3.8) is 0 Å². The van der Waals surface area contributed by atoms with E-state index in [-0.39, 0.29) is 0 Å². The first kappa shape index (κ1) is 13.4. The van der Waals surface area contributed by atoms with Gasteiger partial charge in [0.2, 0.25) is 0 Å². The van der Waals surface area contributed by atoms with Gasteiger partial charge in [-0.05, 0) is 18.6 Å². The SMILES string of the molecule is CCCCn1c(-c2scnc2COC)n[nH]c1=S. The van der Waals surface area contributed by atoms with Gasteiger partial charge in [-0.3, -0.25) is 9.67 Å². The van der Waals surface area contributed by atoms with Gasteiger partial charge in [-0.2, -0.15) is 5.10 Å². The third kappa shape index (κ3) is 2.68. The van der Waals surface area contributed by atoms with E-state index in [2.05, 4.69) is 22.1 Å². The number of unbranched alkanes of at least 4 members (excludes halogenated alkanes) is 1. The van der Waals surface area contributed by atoms with Crippen molar-refractivity contribution in [2.75, 3.05) is 7.11 Å². The summed E-state index contributed by atoms with van der Waals surface area (Å²) in [6.45, 7) is 3.53. The molecule has 0 aliphatic carbocycles. The third-order valence-electron chi connectivity index (χ3n) is 2.62. The molecule has 0 aromatic carbocycles. The Bertz CT molecular complexity index is 557. The van der Waals surface area contributed by atoms with Crippen LogP contribution < -0.4 is 0 Å². The van der Waals surface area contributed by atoms with Crippen LogP contribution in [0.15, 0.2) is 5.51 Å². The minimum Gasteiger partial charge on any atom is -0.378 e. The molecule has 0 amide bonds. The zero-order valence-corrected chi connectivity index (χ0v) is 12.1. The molecule has 2 rings (SSSR count). The Kier molecular flexibility index (Phi) is 4.62. The Balaban J connectivity index is 2.37. The number of nitrogens with zero attached hydrogens (tertiary/aromatic N) is 3. The molecule has 0 aliphatic heterocycles. The molecule has 98 valence electrons. The fourth-order valence-corrected chi connectivity index (χ4v) is 2.72. The zero-order valence-electron chi connectivity index (χ0n) is 10.5. The molecular formula is C11H16N4OS2. The van der Waals surface area contributed by atoms with Crippen molar-refractivity contribution in [3.05, 3.63) is 16.0 Å². The summed E-state index contributed by atoms with van der Waals surface area (Å²) in [5, 5.41) is 7.17. The second-order valence-electron chi connectivity index (χ2n) is 3.92. The number of aromatic amines is 1. The number of methoxy groups -OCH3 is 1. The van der Waals surface area contributed by atoms with Crippen LogP contribution >= 0.6 is 23.6 Å². The van der Waals surface area contributed by atoms with Gasteiger partial charge in [0.1, 0.15) is 0 Å². The number of rotatable bonds is 6. The average molecular weight is 284 g/mol. The maximum Gasteiger partial charge on any atom is 0.195 e. The summed E-state index contributed by atoms with van der Waals surface area (Å²) in [5.41, 5.74) is 2.72. The molecule has 2 aromatic rings. The van der Waals surface area contributed by atoms with Crippen LogP contribution in [-0.4, -0.2) is 26.9 Å². The molecule has 0 fully saturated rings. The predicted octanol–water partition coefficient (Wildman–Crippen LogP) is 3.01. The van der Waals surface area contributed by atoms with E-state index < -0.39 is 0 Å². The number of nitrogens with one attached hydrogen (secondary N) is 1. The van der Waals surface area contributed by atoms with Gasteiger partial charge in [0.05, 0.1) is 22.7 Å². The molecule has 2 heterocycles. The van der Waals surface area contributed by atoms with Gasteiger partial charge in [-0.25, -0.2) is 4.98 Å². The van der Waals surface area contributed by atoms with Gasteiger partial charge in [-0.15, -0.1) is 11.3 Å². The Morgan fingerprint density at radius 2 is 2.39 bits per heavy atom. The Hall–Kier alpha value is -1.05. The minimum atomic E-state index is 0.492. The van der Waals surface area contributed by atoms with Gasteiger partial charge in [0.15, 0.2) is 10.6 Å². The first-order valence-corrected chi connectivity index (χ1v) is 7.13. The molecule has 0 unspecified atom stereocenters. The number of hydrogen-bond acceptors (Lipinski definition) is 5. The van der Waals surface area contributed by atoms with Gasteiger partial charge < -0.3 is 4.74 Å². The first-order valence-electron chi connectivity index (χ1n) is 5.84. The van der Waals surface area contributed by atoms with Gasteiger partial charge in [0.25, 0.3) is 0 Å². The van der Waals surface area contributed by atoms with Crippen LogP contribution in [0, 0.1) is 4.77 Å². The predicted molar refractivity (Wildman–Crippen MR) is 74.1 cm³/mol. The molecule has 0 saturated heterocycles. The number of H-pyrrole nitrogens is 1. The standard InChI is InChI=1S/C11H16N4OS2/c1-3-4-5-15-10(13-14-11(15)17)9-8(6-16-2)12-7-18-9/h7H,3-6H2,1-2H3,(H,14,17). The van der Waals surface area contributed by atoms with E-state index in [0.717, 1.165) is 35.8 Å². The summed E-state index contributed by atoms with van der Waals surface area (Å²) in [7, 11) is 1.66. The molecule has 0 radical (unpaired) electrons. The third-order valence-corrected chi connectivity index (χ3v) is 3.80. The summed E-state index contributed by atoms with van der Waals surface area (Å²) in [5.74, 6) is 0.864. The van der Waals surface area contributed by atoms with Crippen LogP contribution in [0.3, 0.4) is 0 Å². The van der Waals surface area contributed by atoms with E-state index in [1.165, 1.54) is 0 Å². The van der Waals surface area contributed by atoms with E-state index >= 15 is 0 Å². The number of aromatic nitrogens is 4. The van der Waals surface area contributed by atoms with Crippen LogP contribution in [0.25, 0.3) is 10.7 Å². The fraction of sp³-hybridized carbons (Fsp3) is 0.545. The molecule has 2 aromatic heterocycles. The van der Waals surface area contributed by atoms with Crippen molar-refractivity contribution in [3.8, 4) is 10.7 Å². The minimum absolute atomic E-state index is 0.492. The maximum absolute atomic E-state index is 5.27. The highest BCUT2D eigenvalue weighted by molar-refractivity contribution is 7.71. The highest BCUT2D eigenvalue weighted by Crippen LogP contribution is 2.26. The Labute approximate surface area is 115 Å². The Morgan fingerprint density at radius 1 is 1.56 bits per heavy atom. The van der Waals surface area contributed by atoms with Gasteiger partial charge >= 0.3 is 0 Å². The molecule has 7 heteroatoms. The molecule has 0 bridgehead atoms. The molecule has 0 saturated carbocycles. The van der Waals surface area contributed by atoms with Crippen molar-refractivity contribution in [2.24, 2.45) is 0 Å². The fourth-order valence-electron chi connectivity index (χ4n) is 1.71. The average Bonchev–Trinajstić information content (AvgIpc) is 2.94. The molecule has 5 nitrogen and oxygen atoms in total. The lowest BCUT2D eigenvalue weighted by molar-refractivity contribution is 0.182.